The SMILES string of the molecule is Cc1cc(N)nc(Cn2cc([N+](=O)[O-])ccc2=O)n1. The van der Waals surface area contributed by atoms with Crippen LogP contribution in [0, 0.1) is 17.0 Å². The standard InChI is InChI=1S/C11H11N5O3/c1-7-4-9(12)14-10(13-7)6-15-5-8(16(18)19)2-3-11(15)17/h2-5H,6H2,1H3,(H2,12,13,14). The second kappa shape index (κ2) is 4.84. The molecule has 0 aliphatic carbocycles. The molecule has 0 amide bonds. The van der Waals surface area contributed by atoms with Crippen LogP contribution in [0.15, 0.2) is 29.2 Å². The monoisotopic (exact) mass is 261 g/mol. The molecular weight excluding hydrogens is 250 g/mol. The van der Waals surface area contributed by atoms with Gasteiger partial charge in [0.1, 0.15) is 5.82 Å². The molecule has 2 N–H and O–H groups in total. The number of nitrogens with zero attached hydrogens (tertiary/aromatic N) is 4. The summed E-state index contributed by atoms with van der Waals surface area (Å²) in [7, 11) is 0. The quantitative estimate of drug-likeness (QED) is 0.634. The van der Waals surface area contributed by atoms with Gasteiger partial charge in [0.05, 0.1) is 17.7 Å². The third kappa shape index (κ3) is 2.92. The molecule has 0 unspecified atom stereocenters. The third-order valence-electron chi connectivity index (χ3n) is 2.41. The normalized spacial score (nSPS) is 10.4. The van der Waals surface area contributed by atoms with E-state index >= 15 is 0 Å². The van der Waals surface area contributed by atoms with Crippen molar-refractivity contribution in [3.8, 4) is 0 Å². The van der Waals surface area contributed by atoms with E-state index in [1.54, 1.807) is 13.0 Å². The van der Waals surface area contributed by atoms with Crippen molar-refractivity contribution in [1.82, 2.24) is 14.5 Å². The summed E-state index contributed by atoms with van der Waals surface area (Å²) in [4.78, 5) is 29.8. The average Bonchev–Trinajstić information content (AvgIpc) is 2.30. The first-order chi connectivity index (χ1) is 8.95. The number of nitrogens with two attached hydrogens (primary N) is 1. The molecule has 0 aromatic carbocycles. The number of aromatic nitrogens is 3. The number of rotatable bonds is 3. The summed E-state index contributed by atoms with van der Waals surface area (Å²) >= 11 is 0. The van der Waals surface area contributed by atoms with Gasteiger partial charge >= 0.3 is 0 Å². The van der Waals surface area contributed by atoms with Gasteiger partial charge in [-0.15, -0.1) is 0 Å². The number of aryl methyl sites for hydroxylation is 1. The van der Waals surface area contributed by atoms with E-state index < -0.39 is 4.92 Å². The highest BCUT2D eigenvalue weighted by Gasteiger charge is 2.09. The van der Waals surface area contributed by atoms with E-state index in [9.17, 15) is 14.9 Å². The zero-order chi connectivity index (χ0) is 14.0. The summed E-state index contributed by atoms with van der Waals surface area (Å²) in [6.07, 6.45) is 1.16. The minimum absolute atomic E-state index is 0.0341. The lowest BCUT2D eigenvalue weighted by Gasteiger charge is -2.05. The van der Waals surface area contributed by atoms with E-state index in [0.29, 0.717) is 17.3 Å². The van der Waals surface area contributed by atoms with Crippen molar-refractivity contribution >= 4 is 11.5 Å². The molecule has 2 aromatic rings. The Morgan fingerprint density at radius 2 is 2.16 bits per heavy atom. The third-order valence-corrected chi connectivity index (χ3v) is 2.41. The molecule has 0 atom stereocenters. The summed E-state index contributed by atoms with van der Waals surface area (Å²) in [6, 6.07) is 3.89. The summed E-state index contributed by atoms with van der Waals surface area (Å²) < 4.78 is 1.17. The van der Waals surface area contributed by atoms with Crippen LogP contribution >= 0.6 is 0 Å². The Bertz CT molecular complexity index is 675. The molecule has 8 heteroatoms. The Labute approximate surface area is 107 Å². The lowest BCUT2D eigenvalue weighted by atomic mass is 10.4. The average molecular weight is 261 g/mol. The van der Waals surface area contributed by atoms with Crippen molar-refractivity contribution in [3.05, 3.63) is 56.4 Å². The molecule has 0 saturated heterocycles. The van der Waals surface area contributed by atoms with E-state index in [2.05, 4.69) is 9.97 Å². The fourth-order valence-electron chi connectivity index (χ4n) is 1.63. The molecule has 2 heterocycles. The van der Waals surface area contributed by atoms with Gasteiger partial charge in [-0.1, -0.05) is 0 Å². The molecule has 0 radical (unpaired) electrons. The smallest absolute Gasteiger partial charge is 0.285 e. The number of hydrogen-bond acceptors (Lipinski definition) is 6. The van der Waals surface area contributed by atoms with Gasteiger partial charge in [0.25, 0.3) is 11.2 Å². The first-order valence-electron chi connectivity index (χ1n) is 5.40. The molecule has 0 bridgehead atoms. The molecular formula is C11H11N5O3. The summed E-state index contributed by atoms with van der Waals surface area (Å²) in [6.45, 7) is 1.78. The summed E-state index contributed by atoms with van der Waals surface area (Å²) in [5.74, 6) is 0.626. The highest BCUT2D eigenvalue weighted by atomic mass is 16.6. The van der Waals surface area contributed by atoms with Crippen LogP contribution in [0.4, 0.5) is 11.5 Å². The minimum Gasteiger partial charge on any atom is -0.384 e. The molecule has 0 saturated carbocycles. The van der Waals surface area contributed by atoms with Crippen LogP contribution < -0.4 is 11.3 Å². The highest BCUT2D eigenvalue weighted by molar-refractivity contribution is 5.29. The van der Waals surface area contributed by atoms with Crippen LogP contribution in [0.5, 0.6) is 0 Å². The Morgan fingerprint density at radius 1 is 1.42 bits per heavy atom. The molecule has 98 valence electrons. The first kappa shape index (κ1) is 12.7. The Balaban J connectivity index is 2.40. The lowest BCUT2D eigenvalue weighted by Crippen LogP contribution is -2.21. The zero-order valence-corrected chi connectivity index (χ0v) is 10.1. The molecule has 2 rings (SSSR count). The van der Waals surface area contributed by atoms with Gasteiger partial charge < -0.3 is 10.3 Å². The molecule has 19 heavy (non-hydrogen) atoms. The molecule has 2 aromatic heterocycles. The van der Waals surface area contributed by atoms with E-state index in [4.69, 9.17) is 5.73 Å². The van der Waals surface area contributed by atoms with Gasteiger partial charge in [-0.3, -0.25) is 14.9 Å². The molecule has 0 spiro atoms. The molecule has 8 nitrogen and oxygen atoms in total. The van der Waals surface area contributed by atoms with Gasteiger partial charge in [0, 0.05) is 23.9 Å². The fraction of sp³-hybridized carbons (Fsp3) is 0.182. The van der Waals surface area contributed by atoms with Gasteiger partial charge in [0.15, 0.2) is 5.82 Å². The second-order valence-electron chi connectivity index (χ2n) is 3.96. The van der Waals surface area contributed by atoms with Crippen molar-refractivity contribution in [1.29, 1.82) is 0 Å². The molecule has 0 aliphatic rings. The van der Waals surface area contributed by atoms with Crippen molar-refractivity contribution in [2.24, 2.45) is 0 Å². The van der Waals surface area contributed by atoms with Crippen LogP contribution in [0.2, 0.25) is 0 Å². The van der Waals surface area contributed by atoms with Gasteiger partial charge in [-0.05, 0) is 6.92 Å². The number of hydrogen-bond donors (Lipinski definition) is 1. The predicted molar refractivity (Wildman–Crippen MR) is 67.6 cm³/mol. The van der Waals surface area contributed by atoms with E-state index in [-0.39, 0.29) is 17.8 Å². The van der Waals surface area contributed by atoms with Crippen LogP contribution in [-0.4, -0.2) is 19.5 Å². The highest BCUT2D eigenvalue weighted by Crippen LogP contribution is 2.08. The number of nitro groups is 1. The first-order valence-corrected chi connectivity index (χ1v) is 5.40. The fourth-order valence-corrected chi connectivity index (χ4v) is 1.63. The van der Waals surface area contributed by atoms with Crippen molar-refractivity contribution in [2.45, 2.75) is 13.5 Å². The van der Waals surface area contributed by atoms with Crippen molar-refractivity contribution in [3.63, 3.8) is 0 Å². The second-order valence-corrected chi connectivity index (χ2v) is 3.96. The lowest BCUT2D eigenvalue weighted by molar-refractivity contribution is -0.385. The predicted octanol–water partition coefficient (Wildman–Crippen LogP) is 0.485. The minimum atomic E-state index is -0.568. The largest absolute Gasteiger partial charge is 0.384 e. The summed E-state index contributed by atoms with van der Waals surface area (Å²) in [5.41, 5.74) is 5.72. The maximum Gasteiger partial charge on any atom is 0.285 e. The molecule has 0 aliphatic heterocycles. The molecule has 0 fully saturated rings. The van der Waals surface area contributed by atoms with Crippen LogP contribution in [-0.2, 0) is 6.54 Å². The Kier molecular flexibility index (Phi) is 3.23. The maximum atomic E-state index is 11.6. The van der Waals surface area contributed by atoms with Gasteiger partial charge in [0.2, 0.25) is 0 Å². The van der Waals surface area contributed by atoms with Crippen molar-refractivity contribution in [2.75, 3.05) is 5.73 Å². The number of pyridine rings is 1. The zero-order valence-electron chi connectivity index (χ0n) is 10.1. The van der Waals surface area contributed by atoms with E-state index in [1.807, 2.05) is 0 Å². The van der Waals surface area contributed by atoms with Gasteiger partial charge in [-0.2, -0.15) is 0 Å². The number of nitrogen functional groups attached to an aromatic ring is 1. The topological polar surface area (TPSA) is 117 Å². The summed E-state index contributed by atoms with van der Waals surface area (Å²) in [5, 5.41) is 10.7. The van der Waals surface area contributed by atoms with Crippen LogP contribution in [0.25, 0.3) is 0 Å². The Hall–Kier alpha value is -2.77. The van der Waals surface area contributed by atoms with Crippen LogP contribution in [0.1, 0.15) is 11.5 Å². The van der Waals surface area contributed by atoms with Crippen molar-refractivity contribution < 1.29 is 4.92 Å². The van der Waals surface area contributed by atoms with Crippen LogP contribution in [0.3, 0.4) is 0 Å². The Morgan fingerprint density at radius 3 is 2.79 bits per heavy atom. The maximum absolute atomic E-state index is 11.6. The van der Waals surface area contributed by atoms with E-state index in [1.165, 1.54) is 4.57 Å². The van der Waals surface area contributed by atoms with Gasteiger partial charge in [-0.25, -0.2) is 9.97 Å². The number of anilines is 1. The van der Waals surface area contributed by atoms with E-state index in [0.717, 1.165) is 18.3 Å².